The summed E-state index contributed by atoms with van der Waals surface area (Å²) in [6.07, 6.45) is 4.47. The van der Waals surface area contributed by atoms with Gasteiger partial charge in [-0.15, -0.1) is 0 Å². The summed E-state index contributed by atoms with van der Waals surface area (Å²) in [5.74, 6) is -0.468. The van der Waals surface area contributed by atoms with Crippen LogP contribution in [0, 0.1) is 0 Å². The minimum atomic E-state index is -0.975. The average molecular weight is 277 g/mol. The molecule has 0 aliphatic carbocycles. The van der Waals surface area contributed by atoms with Crippen molar-refractivity contribution < 1.29 is 19.4 Å². The highest BCUT2D eigenvalue weighted by Crippen LogP contribution is 2.13. The summed E-state index contributed by atoms with van der Waals surface area (Å²) in [5, 5.41) is 8.79. The van der Waals surface area contributed by atoms with Crippen molar-refractivity contribution in [1.82, 2.24) is 4.90 Å². The third-order valence-electron chi connectivity index (χ3n) is 3.42. The van der Waals surface area contributed by atoms with Crippen LogP contribution in [0.3, 0.4) is 0 Å². The van der Waals surface area contributed by atoms with E-state index in [1.54, 1.807) is 12.1 Å². The van der Waals surface area contributed by atoms with E-state index in [9.17, 15) is 9.59 Å². The molecule has 2 rings (SSSR count). The summed E-state index contributed by atoms with van der Waals surface area (Å²) >= 11 is 0. The molecule has 1 amide bonds. The van der Waals surface area contributed by atoms with Crippen molar-refractivity contribution in [2.45, 2.75) is 25.7 Å². The van der Waals surface area contributed by atoms with Gasteiger partial charge in [0.1, 0.15) is 5.75 Å². The van der Waals surface area contributed by atoms with Gasteiger partial charge >= 0.3 is 5.97 Å². The number of benzene rings is 1. The molecule has 1 saturated heterocycles. The first-order chi connectivity index (χ1) is 9.66. The Hall–Kier alpha value is -2.04. The Morgan fingerprint density at radius 3 is 2.20 bits per heavy atom. The molecule has 5 nitrogen and oxygen atoms in total. The molecule has 0 unspecified atom stereocenters. The Bertz CT molecular complexity index is 461. The van der Waals surface area contributed by atoms with Gasteiger partial charge in [0.25, 0.3) is 5.91 Å². The number of rotatable bonds is 4. The van der Waals surface area contributed by atoms with Gasteiger partial charge in [0.05, 0.1) is 5.56 Å². The van der Waals surface area contributed by atoms with E-state index in [0.29, 0.717) is 5.75 Å². The van der Waals surface area contributed by atoms with E-state index in [2.05, 4.69) is 0 Å². The molecule has 5 heteroatoms. The van der Waals surface area contributed by atoms with E-state index >= 15 is 0 Å². The second-order valence-corrected chi connectivity index (χ2v) is 4.91. The fraction of sp³-hybridized carbons (Fsp3) is 0.467. The molecule has 1 aliphatic heterocycles. The Balaban J connectivity index is 1.84. The minimum absolute atomic E-state index is 0.00536. The van der Waals surface area contributed by atoms with Crippen LogP contribution in [0.4, 0.5) is 0 Å². The number of carbonyl (C=O) groups is 2. The quantitative estimate of drug-likeness (QED) is 0.916. The molecule has 1 N–H and O–H groups in total. The fourth-order valence-corrected chi connectivity index (χ4v) is 2.25. The summed E-state index contributed by atoms with van der Waals surface area (Å²) in [5.41, 5.74) is 0.205. The monoisotopic (exact) mass is 277 g/mol. The molecule has 108 valence electrons. The highest BCUT2D eigenvalue weighted by molar-refractivity contribution is 5.87. The van der Waals surface area contributed by atoms with E-state index in [4.69, 9.17) is 9.84 Å². The number of nitrogens with zero attached hydrogens (tertiary/aromatic N) is 1. The van der Waals surface area contributed by atoms with Gasteiger partial charge in [-0.3, -0.25) is 4.79 Å². The summed E-state index contributed by atoms with van der Waals surface area (Å²) in [7, 11) is 0. The fourth-order valence-electron chi connectivity index (χ4n) is 2.25. The Labute approximate surface area is 118 Å². The SMILES string of the molecule is O=C(O)c1ccc(OCC(=O)N2CCCCCC2)cc1. The van der Waals surface area contributed by atoms with Gasteiger partial charge in [-0.05, 0) is 37.1 Å². The van der Waals surface area contributed by atoms with Crippen LogP contribution >= 0.6 is 0 Å². The van der Waals surface area contributed by atoms with Crippen LogP contribution in [0.15, 0.2) is 24.3 Å². The third kappa shape index (κ3) is 3.98. The molecule has 0 spiro atoms. The maximum Gasteiger partial charge on any atom is 0.335 e. The van der Waals surface area contributed by atoms with Crippen LogP contribution in [0.25, 0.3) is 0 Å². The van der Waals surface area contributed by atoms with Gasteiger partial charge in [0, 0.05) is 13.1 Å². The standard InChI is InChI=1S/C15H19NO4/c17-14(16-9-3-1-2-4-10-16)11-20-13-7-5-12(6-8-13)15(18)19/h5-8H,1-4,9-11H2,(H,18,19). The van der Waals surface area contributed by atoms with E-state index in [1.165, 1.54) is 25.0 Å². The van der Waals surface area contributed by atoms with Crippen LogP contribution in [0.5, 0.6) is 5.75 Å². The van der Waals surface area contributed by atoms with Crippen molar-refractivity contribution in [1.29, 1.82) is 0 Å². The molecule has 1 aromatic carbocycles. The zero-order chi connectivity index (χ0) is 14.4. The van der Waals surface area contributed by atoms with Gasteiger partial charge in [0.2, 0.25) is 0 Å². The van der Waals surface area contributed by atoms with Crippen LogP contribution in [0.1, 0.15) is 36.0 Å². The highest BCUT2D eigenvalue weighted by Gasteiger charge is 2.15. The van der Waals surface area contributed by atoms with Crippen LogP contribution in [-0.2, 0) is 4.79 Å². The molecule has 1 aliphatic rings. The van der Waals surface area contributed by atoms with E-state index in [1.807, 2.05) is 4.90 Å². The number of hydrogen-bond donors (Lipinski definition) is 1. The van der Waals surface area contributed by atoms with Crippen molar-refractivity contribution in [2.24, 2.45) is 0 Å². The Morgan fingerprint density at radius 1 is 1.05 bits per heavy atom. The number of carboxylic acid groups (broad SMARTS) is 1. The van der Waals surface area contributed by atoms with Crippen molar-refractivity contribution in [3.05, 3.63) is 29.8 Å². The van der Waals surface area contributed by atoms with E-state index in [0.717, 1.165) is 25.9 Å². The zero-order valence-electron chi connectivity index (χ0n) is 11.4. The molecular formula is C15H19NO4. The summed E-state index contributed by atoms with van der Waals surface area (Å²) < 4.78 is 5.41. The summed E-state index contributed by atoms with van der Waals surface area (Å²) in [6.45, 7) is 1.62. The normalized spacial score (nSPS) is 15.5. The van der Waals surface area contributed by atoms with Crippen molar-refractivity contribution in [3.8, 4) is 5.75 Å². The van der Waals surface area contributed by atoms with E-state index in [-0.39, 0.29) is 18.1 Å². The van der Waals surface area contributed by atoms with Crippen molar-refractivity contribution >= 4 is 11.9 Å². The first-order valence-corrected chi connectivity index (χ1v) is 6.91. The number of aromatic carboxylic acids is 1. The molecule has 0 atom stereocenters. The van der Waals surface area contributed by atoms with Gasteiger partial charge in [-0.25, -0.2) is 4.79 Å². The molecular weight excluding hydrogens is 258 g/mol. The molecule has 20 heavy (non-hydrogen) atoms. The highest BCUT2D eigenvalue weighted by atomic mass is 16.5. The third-order valence-corrected chi connectivity index (χ3v) is 3.42. The first-order valence-electron chi connectivity index (χ1n) is 6.91. The molecule has 1 heterocycles. The maximum atomic E-state index is 12.0. The summed E-state index contributed by atoms with van der Waals surface area (Å²) in [6, 6.07) is 6.07. The smallest absolute Gasteiger partial charge is 0.335 e. The Kier molecular flexibility index (Phi) is 4.98. The average Bonchev–Trinajstić information content (AvgIpc) is 2.74. The second-order valence-electron chi connectivity index (χ2n) is 4.91. The lowest BCUT2D eigenvalue weighted by Crippen LogP contribution is -2.35. The van der Waals surface area contributed by atoms with Gasteiger partial charge in [0.15, 0.2) is 6.61 Å². The minimum Gasteiger partial charge on any atom is -0.484 e. The predicted octanol–water partition coefficient (Wildman–Crippen LogP) is 2.17. The molecule has 0 aromatic heterocycles. The van der Waals surface area contributed by atoms with Crippen LogP contribution < -0.4 is 4.74 Å². The molecule has 0 radical (unpaired) electrons. The number of likely N-dealkylation sites (tertiary alicyclic amines) is 1. The number of amides is 1. The maximum absolute atomic E-state index is 12.0. The van der Waals surface area contributed by atoms with Gasteiger partial charge in [-0.1, -0.05) is 12.8 Å². The number of carboxylic acids is 1. The van der Waals surface area contributed by atoms with Crippen molar-refractivity contribution in [2.75, 3.05) is 19.7 Å². The zero-order valence-corrected chi connectivity index (χ0v) is 11.4. The molecule has 1 fully saturated rings. The lowest BCUT2D eigenvalue weighted by atomic mass is 10.2. The summed E-state index contributed by atoms with van der Waals surface area (Å²) in [4.78, 5) is 24.6. The Morgan fingerprint density at radius 2 is 1.65 bits per heavy atom. The van der Waals surface area contributed by atoms with Gasteiger partial charge in [-0.2, -0.15) is 0 Å². The first kappa shape index (κ1) is 14.4. The molecule has 0 bridgehead atoms. The largest absolute Gasteiger partial charge is 0.484 e. The topological polar surface area (TPSA) is 66.8 Å². The lowest BCUT2D eigenvalue weighted by molar-refractivity contribution is -0.133. The number of ether oxygens (including phenoxy) is 1. The van der Waals surface area contributed by atoms with E-state index < -0.39 is 5.97 Å². The number of hydrogen-bond acceptors (Lipinski definition) is 3. The molecule has 1 aromatic rings. The predicted molar refractivity (Wildman–Crippen MR) is 73.9 cm³/mol. The van der Waals surface area contributed by atoms with Crippen LogP contribution in [0.2, 0.25) is 0 Å². The van der Waals surface area contributed by atoms with Crippen LogP contribution in [-0.4, -0.2) is 41.6 Å². The second kappa shape index (κ2) is 6.93. The van der Waals surface area contributed by atoms with Gasteiger partial charge < -0.3 is 14.7 Å². The number of carbonyl (C=O) groups excluding carboxylic acids is 1. The lowest BCUT2D eigenvalue weighted by Gasteiger charge is -2.20. The molecule has 0 saturated carbocycles. The van der Waals surface area contributed by atoms with Crippen molar-refractivity contribution in [3.63, 3.8) is 0 Å².